The first-order valence-corrected chi connectivity index (χ1v) is 10.3. The maximum Gasteiger partial charge on any atom is 0.257 e. The summed E-state index contributed by atoms with van der Waals surface area (Å²) in [5, 5.41) is 3.46. The number of carbonyl (C=O) groups is 2. The Balaban J connectivity index is 1.51. The summed E-state index contributed by atoms with van der Waals surface area (Å²) in [6.07, 6.45) is 5.06. The van der Waals surface area contributed by atoms with Crippen molar-refractivity contribution in [2.24, 2.45) is 0 Å². The normalized spacial score (nSPS) is 17.1. The third-order valence-corrected chi connectivity index (χ3v) is 5.65. The molecule has 146 valence electrons. The summed E-state index contributed by atoms with van der Waals surface area (Å²) in [4.78, 5) is 29.1. The highest BCUT2D eigenvalue weighted by Crippen LogP contribution is 2.30. The predicted molar refractivity (Wildman–Crippen MR) is 113 cm³/mol. The van der Waals surface area contributed by atoms with Gasteiger partial charge in [-0.05, 0) is 68.1 Å². The van der Waals surface area contributed by atoms with Gasteiger partial charge in [-0.2, -0.15) is 0 Å². The second kappa shape index (κ2) is 8.23. The number of piperidine rings is 1. The van der Waals surface area contributed by atoms with Crippen LogP contribution in [-0.2, 0) is 4.79 Å². The van der Waals surface area contributed by atoms with Gasteiger partial charge < -0.3 is 15.1 Å². The maximum atomic E-state index is 12.9. The molecule has 0 saturated carbocycles. The molecule has 0 spiro atoms. The summed E-state index contributed by atoms with van der Waals surface area (Å²) in [7, 11) is 0. The standard InChI is InChI=1S/C22H24ClN3O2/c23-16-6-11-19(20(15-16)26-14-4-5-21(26)27)22(28)24-17-7-9-18(10-8-17)25-12-2-1-3-13-25/h6-11,15H,1-5,12-14H2,(H,24,28). The van der Waals surface area contributed by atoms with Gasteiger partial charge in [-0.3, -0.25) is 9.59 Å². The van der Waals surface area contributed by atoms with Crippen LogP contribution in [0, 0.1) is 0 Å². The molecule has 2 saturated heterocycles. The van der Waals surface area contributed by atoms with E-state index in [4.69, 9.17) is 11.6 Å². The molecule has 6 heteroatoms. The van der Waals surface area contributed by atoms with Crippen molar-refractivity contribution >= 4 is 40.5 Å². The first-order valence-electron chi connectivity index (χ1n) is 9.88. The minimum atomic E-state index is -0.239. The highest BCUT2D eigenvalue weighted by molar-refractivity contribution is 6.31. The van der Waals surface area contributed by atoms with Gasteiger partial charge in [0.2, 0.25) is 5.91 Å². The maximum absolute atomic E-state index is 12.9. The van der Waals surface area contributed by atoms with E-state index in [0.717, 1.165) is 25.2 Å². The third-order valence-electron chi connectivity index (χ3n) is 5.42. The van der Waals surface area contributed by atoms with Gasteiger partial charge in [0.25, 0.3) is 5.91 Å². The zero-order chi connectivity index (χ0) is 19.5. The lowest BCUT2D eigenvalue weighted by Gasteiger charge is -2.28. The van der Waals surface area contributed by atoms with E-state index >= 15 is 0 Å². The predicted octanol–water partition coefficient (Wildman–Crippen LogP) is 4.71. The van der Waals surface area contributed by atoms with Crippen molar-refractivity contribution in [3.63, 3.8) is 0 Å². The summed E-state index contributed by atoms with van der Waals surface area (Å²) in [5.41, 5.74) is 2.96. The van der Waals surface area contributed by atoms with Crippen molar-refractivity contribution in [1.82, 2.24) is 0 Å². The first kappa shape index (κ1) is 18.8. The molecule has 5 nitrogen and oxygen atoms in total. The van der Waals surface area contributed by atoms with Crippen LogP contribution in [-0.4, -0.2) is 31.4 Å². The molecular weight excluding hydrogens is 374 g/mol. The second-order valence-electron chi connectivity index (χ2n) is 7.36. The van der Waals surface area contributed by atoms with Crippen molar-refractivity contribution in [3.8, 4) is 0 Å². The molecule has 0 unspecified atom stereocenters. The van der Waals surface area contributed by atoms with Crippen molar-refractivity contribution in [1.29, 1.82) is 0 Å². The fourth-order valence-electron chi connectivity index (χ4n) is 3.93. The number of amides is 2. The van der Waals surface area contributed by atoms with Gasteiger partial charge in [-0.1, -0.05) is 11.6 Å². The monoisotopic (exact) mass is 397 g/mol. The smallest absolute Gasteiger partial charge is 0.257 e. The van der Waals surface area contributed by atoms with Crippen molar-refractivity contribution in [2.45, 2.75) is 32.1 Å². The average molecular weight is 398 g/mol. The number of carbonyl (C=O) groups excluding carboxylic acids is 2. The molecule has 1 N–H and O–H groups in total. The Hall–Kier alpha value is -2.53. The molecule has 0 atom stereocenters. The van der Waals surface area contributed by atoms with E-state index in [-0.39, 0.29) is 11.8 Å². The largest absolute Gasteiger partial charge is 0.372 e. The van der Waals surface area contributed by atoms with E-state index in [1.54, 1.807) is 23.1 Å². The zero-order valence-corrected chi connectivity index (χ0v) is 16.5. The van der Waals surface area contributed by atoms with Crippen molar-refractivity contribution in [2.75, 3.05) is 34.8 Å². The third kappa shape index (κ3) is 3.99. The van der Waals surface area contributed by atoms with Crippen LogP contribution < -0.4 is 15.1 Å². The summed E-state index contributed by atoms with van der Waals surface area (Å²) in [6.45, 7) is 2.79. The summed E-state index contributed by atoms with van der Waals surface area (Å²) in [5.74, 6) is -0.209. The molecule has 0 bridgehead atoms. The fraction of sp³-hybridized carbons (Fsp3) is 0.364. The van der Waals surface area contributed by atoms with Crippen LogP contribution in [0.2, 0.25) is 5.02 Å². The van der Waals surface area contributed by atoms with Gasteiger partial charge in [0.05, 0.1) is 11.3 Å². The van der Waals surface area contributed by atoms with Crippen LogP contribution in [0.3, 0.4) is 0 Å². The second-order valence-corrected chi connectivity index (χ2v) is 7.80. The molecule has 2 aromatic carbocycles. The Kier molecular flexibility index (Phi) is 5.53. The van der Waals surface area contributed by atoms with Crippen molar-refractivity contribution in [3.05, 3.63) is 53.1 Å². The molecule has 2 fully saturated rings. The topological polar surface area (TPSA) is 52.7 Å². The van der Waals surface area contributed by atoms with E-state index in [1.807, 2.05) is 24.3 Å². The number of hydrogen-bond donors (Lipinski definition) is 1. The molecule has 4 rings (SSSR count). The van der Waals surface area contributed by atoms with E-state index in [9.17, 15) is 9.59 Å². The van der Waals surface area contributed by atoms with Gasteiger partial charge >= 0.3 is 0 Å². The number of halogens is 1. The molecule has 2 aromatic rings. The van der Waals surface area contributed by atoms with Crippen LogP contribution >= 0.6 is 11.6 Å². The van der Waals surface area contributed by atoms with Crippen LogP contribution in [0.15, 0.2) is 42.5 Å². The minimum Gasteiger partial charge on any atom is -0.372 e. The SMILES string of the molecule is O=C(Nc1ccc(N2CCCCC2)cc1)c1ccc(Cl)cc1N1CCCC1=O. The highest BCUT2D eigenvalue weighted by atomic mass is 35.5. The number of nitrogens with zero attached hydrogens (tertiary/aromatic N) is 2. The summed E-state index contributed by atoms with van der Waals surface area (Å²) < 4.78 is 0. The van der Waals surface area contributed by atoms with Gasteiger partial charge in [-0.15, -0.1) is 0 Å². The average Bonchev–Trinajstić information content (AvgIpc) is 3.15. The molecule has 0 aromatic heterocycles. The highest BCUT2D eigenvalue weighted by Gasteiger charge is 2.26. The molecule has 28 heavy (non-hydrogen) atoms. The Morgan fingerprint density at radius 3 is 2.36 bits per heavy atom. The fourth-order valence-corrected chi connectivity index (χ4v) is 4.10. The Bertz CT molecular complexity index is 876. The van der Waals surface area contributed by atoms with Crippen LogP contribution in [0.1, 0.15) is 42.5 Å². The van der Waals surface area contributed by atoms with Gasteiger partial charge in [0.15, 0.2) is 0 Å². The first-order chi connectivity index (χ1) is 13.6. The van der Waals surface area contributed by atoms with E-state index in [1.165, 1.54) is 24.9 Å². The van der Waals surface area contributed by atoms with Crippen molar-refractivity contribution < 1.29 is 9.59 Å². The van der Waals surface area contributed by atoms with E-state index in [2.05, 4.69) is 10.2 Å². The van der Waals surface area contributed by atoms with E-state index < -0.39 is 0 Å². The Labute approximate surface area is 170 Å². The molecule has 0 aliphatic carbocycles. The molecule has 2 heterocycles. The Morgan fingerprint density at radius 1 is 0.929 bits per heavy atom. The quantitative estimate of drug-likeness (QED) is 0.812. The summed E-state index contributed by atoms with van der Waals surface area (Å²) in [6, 6.07) is 13.0. The van der Waals surface area contributed by atoms with Crippen LogP contribution in [0.25, 0.3) is 0 Å². The minimum absolute atomic E-state index is 0.0298. The zero-order valence-electron chi connectivity index (χ0n) is 15.8. The molecular formula is C22H24ClN3O2. The van der Waals surface area contributed by atoms with Crippen LogP contribution in [0.4, 0.5) is 17.1 Å². The lowest BCUT2D eigenvalue weighted by molar-refractivity contribution is -0.117. The molecule has 2 aliphatic rings. The van der Waals surface area contributed by atoms with E-state index in [0.29, 0.717) is 29.2 Å². The number of nitrogens with one attached hydrogen (secondary N) is 1. The number of benzene rings is 2. The van der Waals surface area contributed by atoms with Gasteiger partial charge in [-0.25, -0.2) is 0 Å². The molecule has 2 amide bonds. The number of anilines is 3. The Morgan fingerprint density at radius 2 is 1.68 bits per heavy atom. The van der Waals surface area contributed by atoms with Gasteiger partial charge in [0.1, 0.15) is 0 Å². The lowest BCUT2D eigenvalue weighted by atomic mass is 10.1. The lowest BCUT2D eigenvalue weighted by Crippen LogP contribution is -2.29. The summed E-state index contributed by atoms with van der Waals surface area (Å²) >= 11 is 6.12. The molecule has 0 radical (unpaired) electrons. The van der Waals surface area contributed by atoms with Gasteiger partial charge in [0, 0.05) is 42.5 Å². The number of hydrogen-bond acceptors (Lipinski definition) is 3. The van der Waals surface area contributed by atoms with Crippen LogP contribution in [0.5, 0.6) is 0 Å². The number of rotatable bonds is 4. The molecule has 2 aliphatic heterocycles.